The second kappa shape index (κ2) is 7.72. The molecule has 0 heterocycles. The van der Waals surface area contributed by atoms with Crippen LogP contribution in [0.25, 0.3) is 0 Å². The second-order valence-corrected chi connectivity index (χ2v) is 10.2. The number of amides is 2. The van der Waals surface area contributed by atoms with Gasteiger partial charge in [-0.3, -0.25) is 14.4 Å². The Kier molecular flexibility index (Phi) is 5.52. The fourth-order valence-electron chi connectivity index (χ4n) is 6.19. The maximum atomic E-state index is 13.2. The Balaban J connectivity index is 1.45. The van der Waals surface area contributed by atoms with Crippen molar-refractivity contribution in [1.82, 2.24) is 5.32 Å². The maximum absolute atomic E-state index is 13.2. The molecule has 1 aromatic rings. The predicted molar refractivity (Wildman–Crippen MR) is 114 cm³/mol. The molecule has 4 saturated carbocycles. The van der Waals surface area contributed by atoms with E-state index < -0.39 is 17.4 Å². The van der Waals surface area contributed by atoms with E-state index in [0.717, 1.165) is 32.1 Å². The van der Waals surface area contributed by atoms with E-state index in [4.69, 9.17) is 27.9 Å². The zero-order chi connectivity index (χ0) is 21.7. The third kappa shape index (κ3) is 4.04. The lowest BCUT2D eigenvalue weighted by molar-refractivity contribution is -0.181. The molecule has 4 fully saturated rings. The van der Waals surface area contributed by atoms with Gasteiger partial charge in [0.25, 0.3) is 5.91 Å². The number of hydrogen-bond acceptors (Lipinski definition) is 4. The number of nitrogens with one attached hydrogen (secondary N) is 2. The van der Waals surface area contributed by atoms with Crippen LogP contribution in [-0.4, -0.2) is 29.4 Å². The first-order valence-electron chi connectivity index (χ1n) is 10.4. The van der Waals surface area contributed by atoms with Crippen LogP contribution in [0.2, 0.25) is 10.0 Å². The highest BCUT2D eigenvalue weighted by atomic mass is 35.5. The van der Waals surface area contributed by atoms with Crippen LogP contribution < -0.4 is 10.6 Å². The fraction of sp³-hybridized carbons (Fsp3) is 0.591. The van der Waals surface area contributed by atoms with Crippen LogP contribution in [0, 0.1) is 17.3 Å². The van der Waals surface area contributed by atoms with Gasteiger partial charge in [-0.05, 0) is 75.5 Å². The van der Waals surface area contributed by atoms with Gasteiger partial charge in [-0.25, -0.2) is 0 Å². The number of rotatable bonds is 5. The molecule has 0 aromatic heterocycles. The van der Waals surface area contributed by atoms with Gasteiger partial charge in [-0.1, -0.05) is 23.2 Å². The van der Waals surface area contributed by atoms with E-state index in [1.54, 1.807) is 19.1 Å². The number of halogens is 2. The number of carbonyl (C=O) groups excluding carboxylic acids is 3. The minimum Gasteiger partial charge on any atom is -0.452 e. The number of hydrogen-bond donors (Lipinski definition) is 2. The van der Waals surface area contributed by atoms with E-state index >= 15 is 0 Å². The molecule has 0 saturated heterocycles. The average Bonchev–Trinajstić information content (AvgIpc) is 2.61. The van der Waals surface area contributed by atoms with Crippen molar-refractivity contribution in [3.63, 3.8) is 0 Å². The highest BCUT2D eigenvalue weighted by Crippen LogP contribution is 2.62. The Morgan fingerprint density at radius 3 is 2.40 bits per heavy atom. The monoisotopic (exact) mass is 452 g/mol. The molecule has 4 bridgehead atoms. The largest absolute Gasteiger partial charge is 0.452 e. The van der Waals surface area contributed by atoms with Crippen molar-refractivity contribution in [3.05, 3.63) is 28.2 Å². The highest BCUT2D eigenvalue weighted by Gasteiger charge is 2.61. The molecule has 4 aliphatic carbocycles. The molecule has 2 N–H and O–H groups in total. The van der Waals surface area contributed by atoms with Crippen molar-refractivity contribution >= 4 is 46.7 Å². The molecule has 0 spiro atoms. The summed E-state index contributed by atoms with van der Waals surface area (Å²) in [5.74, 6) is -0.0385. The van der Waals surface area contributed by atoms with Gasteiger partial charge >= 0.3 is 5.97 Å². The molecular weight excluding hydrogens is 427 g/mol. The maximum Gasteiger partial charge on any atom is 0.312 e. The van der Waals surface area contributed by atoms with E-state index in [0.29, 0.717) is 34.0 Å². The zero-order valence-electron chi connectivity index (χ0n) is 17.1. The van der Waals surface area contributed by atoms with Gasteiger partial charge in [0, 0.05) is 17.5 Å². The van der Waals surface area contributed by atoms with Gasteiger partial charge < -0.3 is 15.4 Å². The van der Waals surface area contributed by atoms with E-state index in [1.807, 2.05) is 0 Å². The van der Waals surface area contributed by atoms with Crippen LogP contribution in [0.3, 0.4) is 0 Å². The molecule has 0 radical (unpaired) electrons. The summed E-state index contributed by atoms with van der Waals surface area (Å²) in [4.78, 5) is 37.6. The van der Waals surface area contributed by atoms with Gasteiger partial charge in [0.15, 0.2) is 6.10 Å². The third-order valence-electron chi connectivity index (χ3n) is 6.78. The SMILES string of the molecule is CC(=O)NC12CC3CC(C1)CC(C(=O)OC(C)C(=O)Nc1ccc(Cl)cc1Cl)(C3)C2. The molecule has 4 aliphatic rings. The normalized spacial score (nSPS) is 32.4. The number of anilines is 1. The first-order valence-corrected chi connectivity index (χ1v) is 11.1. The van der Waals surface area contributed by atoms with Gasteiger partial charge in [-0.15, -0.1) is 0 Å². The Morgan fingerprint density at radius 2 is 1.80 bits per heavy atom. The summed E-state index contributed by atoms with van der Waals surface area (Å²) < 4.78 is 5.65. The molecule has 6 nitrogen and oxygen atoms in total. The number of esters is 1. The lowest BCUT2D eigenvalue weighted by Gasteiger charge is -2.60. The van der Waals surface area contributed by atoms with E-state index in [1.165, 1.54) is 13.0 Å². The van der Waals surface area contributed by atoms with Crippen molar-refractivity contribution in [2.75, 3.05) is 5.32 Å². The molecule has 3 unspecified atom stereocenters. The second-order valence-electron chi connectivity index (χ2n) is 9.36. The van der Waals surface area contributed by atoms with Gasteiger partial charge in [-0.2, -0.15) is 0 Å². The first kappa shape index (κ1) is 21.4. The molecular formula is C22H26Cl2N2O4. The van der Waals surface area contributed by atoms with Crippen LogP contribution in [-0.2, 0) is 19.1 Å². The zero-order valence-corrected chi connectivity index (χ0v) is 18.6. The Morgan fingerprint density at radius 1 is 1.13 bits per heavy atom. The predicted octanol–water partition coefficient (Wildman–Crippen LogP) is 4.34. The highest BCUT2D eigenvalue weighted by molar-refractivity contribution is 6.36. The fourth-order valence-corrected chi connectivity index (χ4v) is 6.64. The van der Waals surface area contributed by atoms with E-state index in [9.17, 15) is 14.4 Å². The molecule has 2 amide bonds. The van der Waals surface area contributed by atoms with Gasteiger partial charge in [0.2, 0.25) is 5.91 Å². The Hall–Kier alpha value is -1.79. The van der Waals surface area contributed by atoms with Crippen LogP contribution in [0.5, 0.6) is 0 Å². The van der Waals surface area contributed by atoms with Crippen LogP contribution in [0.4, 0.5) is 5.69 Å². The number of ether oxygens (including phenoxy) is 1. The van der Waals surface area contributed by atoms with Crippen molar-refractivity contribution in [1.29, 1.82) is 0 Å². The smallest absolute Gasteiger partial charge is 0.312 e. The minimum absolute atomic E-state index is 0.0620. The van der Waals surface area contributed by atoms with Crippen molar-refractivity contribution < 1.29 is 19.1 Å². The molecule has 162 valence electrons. The van der Waals surface area contributed by atoms with Gasteiger partial charge in [0.05, 0.1) is 16.1 Å². The standard InChI is InChI=1S/C22H26Cl2N2O4/c1-12(19(28)25-18-4-3-16(23)6-17(18)24)30-20(29)21-7-14-5-15(8-21)10-22(9-14,11-21)26-13(2)27/h3-4,6,12,14-15H,5,7-11H2,1-2H3,(H,25,28)(H,26,27). The molecule has 3 atom stereocenters. The first-order chi connectivity index (χ1) is 14.1. The minimum atomic E-state index is -0.964. The summed E-state index contributed by atoms with van der Waals surface area (Å²) in [7, 11) is 0. The third-order valence-corrected chi connectivity index (χ3v) is 7.33. The van der Waals surface area contributed by atoms with E-state index in [2.05, 4.69) is 10.6 Å². The summed E-state index contributed by atoms with van der Waals surface area (Å²) in [6.45, 7) is 3.08. The lowest BCUT2D eigenvalue weighted by atomic mass is 9.47. The summed E-state index contributed by atoms with van der Waals surface area (Å²) in [5.41, 5.74) is -0.538. The molecule has 0 aliphatic heterocycles. The topological polar surface area (TPSA) is 84.5 Å². The Bertz CT molecular complexity index is 889. The summed E-state index contributed by atoms with van der Waals surface area (Å²) >= 11 is 12.0. The van der Waals surface area contributed by atoms with Crippen LogP contribution >= 0.6 is 23.2 Å². The van der Waals surface area contributed by atoms with Crippen LogP contribution in [0.1, 0.15) is 52.4 Å². The van der Waals surface area contributed by atoms with Crippen LogP contribution in [0.15, 0.2) is 18.2 Å². The molecule has 8 heteroatoms. The molecule has 1 aromatic carbocycles. The molecule has 30 heavy (non-hydrogen) atoms. The van der Waals surface area contributed by atoms with Crippen molar-refractivity contribution in [2.24, 2.45) is 17.3 Å². The van der Waals surface area contributed by atoms with Crippen molar-refractivity contribution in [2.45, 2.75) is 64.0 Å². The summed E-state index contributed by atoms with van der Waals surface area (Å²) in [5, 5.41) is 6.60. The molecule has 5 rings (SSSR count). The Labute approximate surface area is 186 Å². The average molecular weight is 453 g/mol. The summed E-state index contributed by atoms with van der Waals surface area (Å²) in [6.07, 6.45) is 4.09. The van der Waals surface area contributed by atoms with Crippen molar-refractivity contribution in [3.8, 4) is 0 Å². The number of carbonyl (C=O) groups is 3. The van der Waals surface area contributed by atoms with Gasteiger partial charge in [0.1, 0.15) is 0 Å². The number of benzene rings is 1. The van der Waals surface area contributed by atoms with E-state index in [-0.39, 0.29) is 17.4 Å². The quantitative estimate of drug-likeness (QED) is 0.650. The lowest BCUT2D eigenvalue weighted by Crippen LogP contribution is -2.65. The summed E-state index contributed by atoms with van der Waals surface area (Å²) in [6, 6.07) is 4.76.